The summed E-state index contributed by atoms with van der Waals surface area (Å²) in [5.41, 5.74) is 0. The summed E-state index contributed by atoms with van der Waals surface area (Å²) < 4.78 is 5.45. The largest absolute Gasteiger partial charge is 0.393 e. The van der Waals surface area contributed by atoms with Gasteiger partial charge in [-0.15, -0.1) is 0 Å². The third-order valence-corrected chi connectivity index (χ3v) is 5.05. The number of carbonyl (C=O) groups is 1. The number of hydrogen-bond donors (Lipinski definition) is 2. The number of amides is 2. The van der Waals surface area contributed by atoms with Crippen molar-refractivity contribution in [3.8, 4) is 0 Å². The average molecular weight is 296 g/mol. The number of hydrogen-bond acceptors (Lipinski definition) is 3. The molecule has 2 N–H and O–H groups in total. The Balaban J connectivity index is 1.50. The zero-order valence-electron chi connectivity index (χ0n) is 13.0. The molecule has 0 radical (unpaired) electrons. The van der Waals surface area contributed by atoms with Crippen LogP contribution in [0.15, 0.2) is 0 Å². The summed E-state index contributed by atoms with van der Waals surface area (Å²) in [5.74, 6) is 2.41. The monoisotopic (exact) mass is 296 g/mol. The molecule has 2 amide bonds. The molecule has 2 aliphatic carbocycles. The zero-order chi connectivity index (χ0) is 14.8. The normalized spacial score (nSPS) is 27.8. The minimum Gasteiger partial charge on any atom is -0.393 e. The highest BCUT2D eigenvalue weighted by Crippen LogP contribution is 2.48. The number of aliphatic hydroxyl groups is 1. The quantitative estimate of drug-likeness (QED) is 0.782. The first-order valence-electron chi connectivity index (χ1n) is 8.45. The maximum absolute atomic E-state index is 12.5. The molecule has 0 aromatic heterocycles. The molecule has 0 bridgehead atoms. The Morgan fingerprint density at radius 1 is 1.33 bits per heavy atom. The number of nitrogens with one attached hydrogen (secondary N) is 1. The third-order valence-electron chi connectivity index (χ3n) is 5.05. The second-order valence-corrected chi connectivity index (χ2v) is 7.03. The van der Waals surface area contributed by atoms with Gasteiger partial charge < -0.3 is 20.1 Å². The van der Waals surface area contributed by atoms with Crippen LogP contribution < -0.4 is 5.32 Å². The van der Waals surface area contributed by atoms with Crippen LogP contribution in [0.3, 0.4) is 0 Å². The molecule has 3 fully saturated rings. The van der Waals surface area contributed by atoms with Crippen LogP contribution >= 0.6 is 0 Å². The van der Waals surface area contributed by atoms with Gasteiger partial charge >= 0.3 is 6.03 Å². The van der Waals surface area contributed by atoms with Crippen molar-refractivity contribution < 1.29 is 14.6 Å². The summed E-state index contributed by atoms with van der Waals surface area (Å²) in [6, 6.07) is 0.0225. The molecule has 1 aliphatic heterocycles. The lowest BCUT2D eigenvalue weighted by Crippen LogP contribution is -2.54. The second kappa shape index (κ2) is 6.53. The van der Waals surface area contributed by atoms with E-state index in [0.29, 0.717) is 32.1 Å². The molecule has 0 spiro atoms. The summed E-state index contributed by atoms with van der Waals surface area (Å²) in [7, 11) is 0. The molecule has 3 aliphatic rings. The van der Waals surface area contributed by atoms with Gasteiger partial charge in [-0.25, -0.2) is 4.79 Å². The zero-order valence-corrected chi connectivity index (χ0v) is 13.0. The lowest BCUT2D eigenvalue weighted by molar-refractivity contribution is -0.00452. The van der Waals surface area contributed by atoms with E-state index in [1.165, 1.54) is 25.7 Å². The van der Waals surface area contributed by atoms with E-state index in [2.05, 4.69) is 5.32 Å². The summed E-state index contributed by atoms with van der Waals surface area (Å²) >= 11 is 0. The predicted octanol–water partition coefficient (Wildman–Crippen LogP) is 1.60. The molecular formula is C16H28N2O3. The van der Waals surface area contributed by atoms with Gasteiger partial charge in [0.2, 0.25) is 0 Å². The number of ether oxygens (including phenoxy) is 1. The molecule has 2 atom stereocenters. The summed E-state index contributed by atoms with van der Waals surface area (Å²) in [6.07, 6.45) is 5.57. The molecule has 0 aromatic rings. The van der Waals surface area contributed by atoms with Gasteiger partial charge in [-0.3, -0.25) is 0 Å². The molecule has 2 saturated carbocycles. The Morgan fingerprint density at radius 2 is 2.00 bits per heavy atom. The first kappa shape index (κ1) is 15.1. The van der Waals surface area contributed by atoms with Crippen molar-refractivity contribution in [2.24, 2.45) is 17.8 Å². The summed E-state index contributed by atoms with van der Waals surface area (Å²) in [5, 5.41) is 12.7. The van der Waals surface area contributed by atoms with E-state index in [4.69, 9.17) is 4.74 Å². The Morgan fingerprint density at radius 3 is 2.57 bits per heavy atom. The van der Waals surface area contributed by atoms with E-state index in [-0.39, 0.29) is 12.1 Å². The van der Waals surface area contributed by atoms with Crippen molar-refractivity contribution in [1.82, 2.24) is 10.2 Å². The Bertz CT molecular complexity index is 355. The van der Waals surface area contributed by atoms with Crippen LogP contribution in [-0.4, -0.2) is 54.5 Å². The molecule has 120 valence electrons. The molecule has 5 nitrogen and oxygen atoms in total. The van der Waals surface area contributed by atoms with Crippen LogP contribution in [0.2, 0.25) is 0 Å². The lowest BCUT2D eigenvalue weighted by atomic mass is 9.98. The molecule has 21 heavy (non-hydrogen) atoms. The first-order chi connectivity index (χ1) is 10.1. The van der Waals surface area contributed by atoms with Crippen LogP contribution in [0.4, 0.5) is 4.79 Å². The fraction of sp³-hybridized carbons (Fsp3) is 0.938. The van der Waals surface area contributed by atoms with E-state index in [1.807, 2.05) is 4.90 Å². The average Bonchev–Trinajstić information content (AvgIpc) is 3.32. The number of nitrogens with zero attached hydrogens (tertiary/aromatic N) is 1. The van der Waals surface area contributed by atoms with Gasteiger partial charge in [0.1, 0.15) is 0 Å². The van der Waals surface area contributed by atoms with E-state index < -0.39 is 6.10 Å². The molecule has 1 heterocycles. The van der Waals surface area contributed by atoms with Crippen molar-refractivity contribution in [3.63, 3.8) is 0 Å². The molecule has 3 rings (SSSR count). The number of urea groups is 1. The lowest BCUT2D eigenvalue weighted by Gasteiger charge is -2.36. The van der Waals surface area contributed by atoms with Crippen molar-refractivity contribution >= 4 is 6.03 Å². The first-order valence-corrected chi connectivity index (χ1v) is 8.45. The standard InChI is InChI=1S/C16H28N2O3/c1-11(19)8-14-10-21-7-6-18(14)16(20)17-9-15(12-2-3-12)13-4-5-13/h11-15,19H,2-10H2,1H3,(H,17,20)/t11-,14+/m1/s1. The SMILES string of the molecule is C[C@@H](O)C[C@H]1COCCN1C(=O)NCC(C1CC1)C1CC1. The maximum Gasteiger partial charge on any atom is 0.317 e. The molecule has 0 aromatic carbocycles. The summed E-state index contributed by atoms with van der Waals surface area (Å²) in [6.45, 7) is 4.35. The van der Waals surface area contributed by atoms with Gasteiger partial charge in [0.05, 0.1) is 25.4 Å². The molecule has 0 unspecified atom stereocenters. The second-order valence-electron chi connectivity index (χ2n) is 7.03. The molecule has 1 saturated heterocycles. The van der Waals surface area contributed by atoms with E-state index in [1.54, 1.807) is 6.92 Å². The minimum atomic E-state index is -0.405. The van der Waals surface area contributed by atoms with Crippen LogP contribution in [-0.2, 0) is 4.74 Å². The minimum absolute atomic E-state index is 0.000880. The maximum atomic E-state index is 12.5. The van der Waals surface area contributed by atoms with Gasteiger partial charge in [-0.2, -0.15) is 0 Å². The van der Waals surface area contributed by atoms with Crippen LogP contribution in [0.25, 0.3) is 0 Å². The van der Waals surface area contributed by atoms with Crippen molar-refractivity contribution in [3.05, 3.63) is 0 Å². The number of morpholine rings is 1. The van der Waals surface area contributed by atoms with E-state index in [9.17, 15) is 9.90 Å². The van der Waals surface area contributed by atoms with Gasteiger partial charge in [-0.1, -0.05) is 0 Å². The number of carbonyl (C=O) groups excluding carboxylic acids is 1. The fourth-order valence-corrected chi connectivity index (χ4v) is 3.58. The van der Waals surface area contributed by atoms with Gasteiger partial charge in [0, 0.05) is 13.1 Å². The highest BCUT2D eigenvalue weighted by molar-refractivity contribution is 5.74. The molecule has 5 heteroatoms. The van der Waals surface area contributed by atoms with Crippen LogP contribution in [0.5, 0.6) is 0 Å². The Labute approximate surface area is 127 Å². The Kier molecular flexibility index (Phi) is 4.69. The fourth-order valence-electron chi connectivity index (χ4n) is 3.58. The number of aliphatic hydroxyl groups excluding tert-OH is 1. The van der Waals surface area contributed by atoms with Gasteiger partial charge in [-0.05, 0) is 56.8 Å². The van der Waals surface area contributed by atoms with E-state index in [0.717, 1.165) is 18.4 Å². The van der Waals surface area contributed by atoms with E-state index >= 15 is 0 Å². The predicted molar refractivity (Wildman–Crippen MR) is 79.9 cm³/mol. The number of rotatable bonds is 6. The topological polar surface area (TPSA) is 61.8 Å². The highest BCUT2D eigenvalue weighted by Gasteiger charge is 2.41. The van der Waals surface area contributed by atoms with Gasteiger partial charge in [0.25, 0.3) is 0 Å². The highest BCUT2D eigenvalue weighted by atomic mass is 16.5. The molecular weight excluding hydrogens is 268 g/mol. The van der Waals surface area contributed by atoms with Crippen molar-refractivity contribution in [2.45, 2.75) is 51.2 Å². The van der Waals surface area contributed by atoms with Crippen molar-refractivity contribution in [1.29, 1.82) is 0 Å². The van der Waals surface area contributed by atoms with Crippen LogP contribution in [0.1, 0.15) is 39.0 Å². The third kappa shape index (κ3) is 4.10. The smallest absolute Gasteiger partial charge is 0.317 e. The summed E-state index contributed by atoms with van der Waals surface area (Å²) in [4.78, 5) is 14.3. The Hall–Kier alpha value is -0.810. The van der Waals surface area contributed by atoms with Crippen molar-refractivity contribution in [2.75, 3.05) is 26.3 Å². The van der Waals surface area contributed by atoms with Crippen LogP contribution in [0, 0.1) is 17.8 Å². The van der Waals surface area contributed by atoms with Gasteiger partial charge in [0.15, 0.2) is 0 Å².